The molecule has 2 aliphatic heterocycles. The highest BCUT2D eigenvalue weighted by atomic mass is 16.2. The van der Waals surface area contributed by atoms with Gasteiger partial charge in [0.05, 0.1) is 6.42 Å². The van der Waals surface area contributed by atoms with Crippen molar-refractivity contribution in [2.75, 3.05) is 49.1 Å². The van der Waals surface area contributed by atoms with Crippen LogP contribution in [0.5, 0.6) is 0 Å². The van der Waals surface area contributed by atoms with Gasteiger partial charge in [-0.3, -0.25) is 4.79 Å². The molecule has 0 aromatic heterocycles. The van der Waals surface area contributed by atoms with Crippen molar-refractivity contribution in [3.8, 4) is 0 Å². The number of hydrogen-bond acceptors (Lipinski definition) is 3. The summed E-state index contributed by atoms with van der Waals surface area (Å²) in [5.74, 6) is 1.10. The highest BCUT2D eigenvalue weighted by Gasteiger charge is 2.22. The largest absolute Gasteiger partial charge is 0.372 e. The number of benzene rings is 2. The minimum absolute atomic E-state index is 0.244. The summed E-state index contributed by atoms with van der Waals surface area (Å²) in [5.41, 5.74) is 4.95. The van der Waals surface area contributed by atoms with Crippen molar-refractivity contribution in [2.45, 2.75) is 33.1 Å². The minimum Gasteiger partial charge on any atom is -0.372 e. The number of piperazine rings is 1. The lowest BCUT2D eigenvalue weighted by Crippen LogP contribution is -2.49. The fraction of sp³-hybridized carbons (Fsp3) is 0.480. The van der Waals surface area contributed by atoms with Gasteiger partial charge < -0.3 is 14.7 Å². The summed E-state index contributed by atoms with van der Waals surface area (Å²) < 4.78 is 0. The molecular formula is C25H33N3O. The molecule has 2 aliphatic rings. The van der Waals surface area contributed by atoms with E-state index in [1.807, 2.05) is 17.0 Å². The molecule has 0 N–H and O–H groups in total. The Morgan fingerprint density at radius 2 is 1.38 bits per heavy atom. The first kappa shape index (κ1) is 19.8. The first-order valence-electron chi connectivity index (χ1n) is 11.0. The summed E-state index contributed by atoms with van der Waals surface area (Å²) in [6, 6.07) is 17.2. The summed E-state index contributed by atoms with van der Waals surface area (Å²) in [6.07, 6.45) is 3.09. The standard InChI is InChI=1S/C25H33N3O/c1-20-11-13-26(14-12-20)23-7-9-24(10-8-23)27-15-17-28(18-16-27)25(29)19-22-6-4-3-5-21(22)2/h3-10,20H,11-19H2,1-2H3. The van der Waals surface area contributed by atoms with E-state index in [2.05, 4.69) is 60.0 Å². The summed E-state index contributed by atoms with van der Waals surface area (Å²) in [6.45, 7) is 10.2. The Labute approximate surface area is 175 Å². The molecule has 154 valence electrons. The van der Waals surface area contributed by atoms with E-state index >= 15 is 0 Å². The van der Waals surface area contributed by atoms with Crippen LogP contribution in [0.1, 0.15) is 30.9 Å². The molecule has 0 saturated carbocycles. The van der Waals surface area contributed by atoms with Gasteiger partial charge in [0.2, 0.25) is 5.91 Å². The van der Waals surface area contributed by atoms with Crippen LogP contribution in [0.25, 0.3) is 0 Å². The zero-order chi connectivity index (χ0) is 20.2. The number of piperidine rings is 1. The normalized spacial score (nSPS) is 18.2. The van der Waals surface area contributed by atoms with E-state index in [4.69, 9.17) is 0 Å². The smallest absolute Gasteiger partial charge is 0.227 e. The highest BCUT2D eigenvalue weighted by Crippen LogP contribution is 2.26. The topological polar surface area (TPSA) is 26.8 Å². The van der Waals surface area contributed by atoms with Gasteiger partial charge in [0.25, 0.3) is 0 Å². The maximum atomic E-state index is 12.7. The van der Waals surface area contributed by atoms with Crippen LogP contribution in [0, 0.1) is 12.8 Å². The number of amides is 1. The molecule has 4 nitrogen and oxygen atoms in total. The Morgan fingerprint density at radius 1 is 0.828 bits per heavy atom. The number of carbonyl (C=O) groups excluding carboxylic acids is 1. The molecule has 0 atom stereocenters. The summed E-state index contributed by atoms with van der Waals surface area (Å²) in [5, 5.41) is 0. The molecule has 2 aromatic carbocycles. The van der Waals surface area contributed by atoms with Crippen molar-refractivity contribution < 1.29 is 4.79 Å². The first-order valence-corrected chi connectivity index (χ1v) is 11.0. The van der Waals surface area contributed by atoms with Crippen LogP contribution in [0.4, 0.5) is 11.4 Å². The molecule has 4 heteroatoms. The predicted octanol–water partition coefficient (Wildman–Crippen LogP) is 4.12. The van der Waals surface area contributed by atoms with E-state index in [1.165, 1.54) is 42.9 Å². The summed E-state index contributed by atoms with van der Waals surface area (Å²) in [4.78, 5) is 19.6. The van der Waals surface area contributed by atoms with Crippen molar-refractivity contribution in [1.29, 1.82) is 0 Å². The first-order chi connectivity index (χ1) is 14.1. The lowest BCUT2D eigenvalue weighted by Gasteiger charge is -2.37. The van der Waals surface area contributed by atoms with Gasteiger partial charge in [-0.2, -0.15) is 0 Å². The van der Waals surface area contributed by atoms with Crippen LogP contribution in [-0.2, 0) is 11.2 Å². The average Bonchev–Trinajstić information content (AvgIpc) is 2.76. The summed E-state index contributed by atoms with van der Waals surface area (Å²) >= 11 is 0. The van der Waals surface area contributed by atoms with Gasteiger partial charge in [-0.1, -0.05) is 31.2 Å². The molecule has 2 heterocycles. The Balaban J connectivity index is 1.30. The van der Waals surface area contributed by atoms with Gasteiger partial charge in [-0.05, 0) is 61.1 Å². The van der Waals surface area contributed by atoms with Crippen LogP contribution >= 0.6 is 0 Å². The van der Waals surface area contributed by atoms with Crippen molar-refractivity contribution in [2.24, 2.45) is 5.92 Å². The van der Waals surface area contributed by atoms with E-state index in [0.29, 0.717) is 6.42 Å². The van der Waals surface area contributed by atoms with Gasteiger partial charge in [0, 0.05) is 50.6 Å². The molecule has 2 saturated heterocycles. The third-order valence-electron chi connectivity index (χ3n) is 6.60. The quantitative estimate of drug-likeness (QED) is 0.784. The Morgan fingerprint density at radius 3 is 1.97 bits per heavy atom. The number of carbonyl (C=O) groups is 1. The van der Waals surface area contributed by atoms with Gasteiger partial charge in [-0.25, -0.2) is 0 Å². The fourth-order valence-electron chi connectivity index (χ4n) is 4.44. The zero-order valence-corrected chi connectivity index (χ0v) is 17.8. The third-order valence-corrected chi connectivity index (χ3v) is 6.60. The van der Waals surface area contributed by atoms with E-state index in [-0.39, 0.29) is 5.91 Å². The molecule has 0 bridgehead atoms. The van der Waals surface area contributed by atoms with Gasteiger partial charge in [-0.15, -0.1) is 0 Å². The monoisotopic (exact) mass is 391 g/mol. The highest BCUT2D eigenvalue weighted by molar-refractivity contribution is 5.79. The SMILES string of the molecule is Cc1ccccc1CC(=O)N1CCN(c2ccc(N3CCC(C)CC3)cc2)CC1. The van der Waals surface area contributed by atoms with Gasteiger partial charge in [0.1, 0.15) is 0 Å². The zero-order valence-electron chi connectivity index (χ0n) is 17.8. The maximum absolute atomic E-state index is 12.7. The van der Waals surface area contributed by atoms with Gasteiger partial charge in [0.15, 0.2) is 0 Å². The molecule has 29 heavy (non-hydrogen) atoms. The number of aryl methyl sites for hydroxylation is 1. The second kappa shape index (κ2) is 8.89. The Hall–Kier alpha value is -2.49. The van der Waals surface area contributed by atoms with Crippen molar-refractivity contribution in [3.05, 3.63) is 59.7 Å². The summed E-state index contributed by atoms with van der Waals surface area (Å²) in [7, 11) is 0. The number of rotatable bonds is 4. The molecule has 0 aliphatic carbocycles. The molecule has 0 radical (unpaired) electrons. The van der Waals surface area contributed by atoms with E-state index in [9.17, 15) is 4.79 Å². The van der Waals surface area contributed by atoms with Crippen molar-refractivity contribution in [1.82, 2.24) is 4.90 Å². The lowest BCUT2D eigenvalue weighted by molar-refractivity contribution is -0.130. The van der Waals surface area contributed by atoms with Crippen LogP contribution in [0.15, 0.2) is 48.5 Å². The molecule has 4 rings (SSSR count). The fourth-order valence-corrected chi connectivity index (χ4v) is 4.44. The predicted molar refractivity (Wildman–Crippen MR) is 121 cm³/mol. The van der Waals surface area contributed by atoms with E-state index < -0.39 is 0 Å². The molecule has 2 fully saturated rings. The third kappa shape index (κ3) is 4.75. The molecular weight excluding hydrogens is 358 g/mol. The van der Waals surface area contributed by atoms with Crippen molar-refractivity contribution >= 4 is 17.3 Å². The maximum Gasteiger partial charge on any atom is 0.227 e. The van der Waals surface area contributed by atoms with Crippen LogP contribution < -0.4 is 9.80 Å². The Kier molecular flexibility index (Phi) is 6.08. The molecule has 2 aromatic rings. The van der Waals surface area contributed by atoms with E-state index in [1.54, 1.807) is 0 Å². The molecule has 0 spiro atoms. The molecule has 0 unspecified atom stereocenters. The number of hydrogen-bond donors (Lipinski definition) is 0. The second-order valence-electron chi connectivity index (χ2n) is 8.66. The van der Waals surface area contributed by atoms with Crippen LogP contribution in [-0.4, -0.2) is 50.1 Å². The van der Waals surface area contributed by atoms with Gasteiger partial charge >= 0.3 is 0 Å². The van der Waals surface area contributed by atoms with E-state index in [0.717, 1.165) is 37.7 Å². The Bertz CT molecular complexity index is 816. The molecule has 1 amide bonds. The number of nitrogens with zero attached hydrogens (tertiary/aromatic N) is 3. The van der Waals surface area contributed by atoms with Crippen LogP contribution in [0.3, 0.4) is 0 Å². The van der Waals surface area contributed by atoms with Crippen molar-refractivity contribution in [3.63, 3.8) is 0 Å². The average molecular weight is 392 g/mol. The lowest BCUT2D eigenvalue weighted by atomic mass is 9.99. The number of anilines is 2. The minimum atomic E-state index is 0.244. The van der Waals surface area contributed by atoms with Crippen LogP contribution in [0.2, 0.25) is 0 Å². The second-order valence-corrected chi connectivity index (χ2v) is 8.66.